The number of nitriles is 1. The van der Waals surface area contributed by atoms with Crippen molar-refractivity contribution in [1.82, 2.24) is 14.6 Å². The summed E-state index contributed by atoms with van der Waals surface area (Å²) in [6, 6.07) is 4.41. The third-order valence-corrected chi connectivity index (χ3v) is 1.72. The van der Waals surface area contributed by atoms with E-state index in [0.717, 1.165) is 4.52 Å². The van der Waals surface area contributed by atoms with Crippen LogP contribution in [-0.4, -0.2) is 14.6 Å². The minimum atomic E-state index is -4.57. The van der Waals surface area contributed by atoms with Crippen LogP contribution in [-0.2, 0) is 6.18 Å². The van der Waals surface area contributed by atoms with E-state index >= 15 is 0 Å². The van der Waals surface area contributed by atoms with E-state index in [4.69, 9.17) is 5.26 Å². The van der Waals surface area contributed by atoms with Crippen LogP contribution in [0.2, 0.25) is 0 Å². The second kappa shape index (κ2) is 2.95. The van der Waals surface area contributed by atoms with Crippen molar-refractivity contribution in [3.05, 3.63) is 29.7 Å². The van der Waals surface area contributed by atoms with Gasteiger partial charge in [-0.2, -0.15) is 18.4 Å². The molecule has 0 saturated carbocycles. The van der Waals surface area contributed by atoms with Gasteiger partial charge in [0.25, 0.3) is 5.82 Å². The van der Waals surface area contributed by atoms with E-state index in [1.807, 2.05) is 0 Å². The quantitative estimate of drug-likeness (QED) is 0.666. The maximum atomic E-state index is 12.2. The Kier molecular flexibility index (Phi) is 1.86. The molecule has 7 heteroatoms. The summed E-state index contributed by atoms with van der Waals surface area (Å²) in [6.45, 7) is 0. The van der Waals surface area contributed by atoms with Crippen LogP contribution in [0.4, 0.5) is 13.2 Å². The number of alkyl halides is 3. The van der Waals surface area contributed by atoms with Crippen molar-refractivity contribution < 1.29 is 13.2 Å². The van der Waals surface area contributed by atoms with Crippen LogP contribution in [0.1, 0.15) is 11.4 Å². The molecule has 0 amide bonds. The first kappa shape index (κ1) is 9.45. The van der Waals surface area contributed by atoms with Gasteiger partial charge in [-0.3, -0.25) is 0 Å². The summed E-state index contributed by atoms with van der Waals surface area (Å²) in [4.78, 5) is 3.27. The second-order valence-corrected chi connectivity index (χ2v) is 2.76. The molecule has 0 fully saturated rings. The highest BCUT2D eigenvalue weighted by Crippen LogP contribution is 2.26. The molecule has 0 unspecified atom stereocenters. The normalized spacial score (nSPS) is 11.6. The van der Waals surface area contributed by atoms with Gasteiger partial charge in [0.05, 0.1) is 11.6 Å². The molecule has 2 rings (SSSR count). The highest BCUT2D eigenvalue weighted by Gasteiger charge is 2.36. The molecule has 0 saturated heterocycles. The Balaban J connectivity index is 2.62. The fraction of sp³-hybridized carbons (Fsp3) is 0.125. The molecule has 2 aromatic rings. The van der Waals surface area contributed by atoms with Crippen LogP contribution in [0.25, 0.3) is 5.65 Å². The minimum Gasteiger partial charge on any atom is -0.220 e. The smallest absolute Gasteiger partial charge is 0.220 e. The first-order valence-corrected chi connectivity index (χ1v) is 3.84. The molecule has 4 nitrogen and oxygen atoms in total. The van der Waals surface area contributed by atoms with E-state index in [1.54, 1.807) is 6.07 Å². The lowest BCUT2D eigenvalue weighted by Crippen LogP contribution is -2.07. The van der Waals surface area contributed by atoms with Crippen LogP contribution in [0.5, 0.6) is 0 Å². The summed E-state index contributed by atoms with van der Waals surface area (Å²) in [5, 5.41) is 11.8. The molecule has 0 N–H and O–H groups in total. The standard InChI is InChI=1S/C8H3F3N4/c9-8(10,11)7-13-6-3-5(4-12)1-2-15(6)14-7/h1-3H. The van der Waals surface area contributed by atoms with Crippen molar-refractivity contribution in [2.45, 2.75) is 6.18 Å². The van der Waals surface area contributed by atoms with Crippen LogP contribution in [0.3, 0.4) is 0 Å². The number of hydrogen-bond acceptors (Lipinski definition) is 3. The molecule has 0 bridgehead atoms. The van der Waals surface area contributed by atoms with E-state index in [-0.39, 0.29) is 11.2 Å². The first-order valence-electron chi connectivity index (χ1n) is 3.84. The zero-order valence-corrected chi connectivity index (χ0v) is 7.15. The van der Waals surface area contributed by atoms with E-state index in [1.165, 1.54) is 18.3 Å². The third-order valence-electron chi connectivity index (χ3n) is 1.72. The number of pyridine rings is 1. The lowest BCUT2D eigenvalue weighted by Gasteiger charge is -1.96. The van der Waals surface area contributed by atoms with Crippen molar-refractivity contribution in [3.63, 3.8) is 0 Å². The molecule has 0 aliphatic rings. The van der Waals surface area contributed by atoms with Gasteiger partial charge in [0.2, 0.25) is 0 Å². The fourth-order valence-electron chi connectivity index (χ4n) is 1.07. The lowest BCUT2D eigenvalue weighted by atomic mass is 10.3. The maximum Gasteiger partial charge on any atom is 0.453 e. The van der Waals surface area contributed by atoms with E-state index in [2.05, 4.69) is 10.1 Å². The zero-order chi connectivity index (χ0) is 11.1. The van der Waals surface area contributed by atoms with Crippen LogP contribution < -0.4 is 0 Å². The molecule has 0 aliphatic carbocycles. The Morgan fingerprint density at radius 1 is 1.40 bits per heavy atom. The van der Waals surface area contributed by atoms with Crippen molar-refractivity contribution in [2.24, 2.45) is 0 Å². The van der Waals surface area contributed by atoms with Crippen LogP contribution in [0, 0.1) is 11.3 Å². The summed E-state index contributed by atoms with van der Waals surface area (Å²) in [5.41, 5.74) is 0.241. The first-order chi connectivity index (χ1) is 7.00. The minimum absolute atomic E-state index is 0.00127. The Hall–Kier alpha value is -2.10. The fourth-order valence-corrected chi connectivity index (χ4v) is 1.07. The largest absolute Gasteiger partial charge is 0.453 e. The number of hydrogen-bond donors (Lipinski definition) is 0. The summed E-state index contributed by atoms with van der Waals surface area (Å²) >= 11 is 0. The average molecular weight is 212 g/mol. The van der Waals surface area contributed by atoms with Crippen molar-refractivity contribution >= 4 is 5.65 Å². The molecule has 15 heavy (non-hydrogen) atoms. The van der Waals surface area contributed by atoms with Gasteiger partial charge in [0.1, 0.15) is 0 Å². The highest BCUT2D eigenvalue weighted by atomic mass is 19.4. The van der Waals surface area contributed by atoms with Crippen molar-refractivity contribution in [3.8, 4) is 6.07 Å². The number of nitrogens with zero attached hydrogens (tertiary/aromatic N) is 4. The van der Waals surface area contributed by atoms with E-state index < -0.39 is 12.0 Å². The molecular formula is C8H3F3N4. The monoisotopic (exact) mass is 212 g/mol. The Morgan fingerprint density at radius 2 is 2.13 bits per heavy atom. The summed E-state index contributed by atoms with van der Waals surface area (Å²) in [6.07, 6.45) is -3.31. The lowest BCUT2D eigenvalue weighted by molar-refractivity contribution is -0.144. The predicted octanol–water partition coefficient (Wildman–Crippen LogP) is 1.62. The van der Waals surface area contributed by atoms with E-state index in [0.29, 0.717) is 0 Å². The van der Waals surface area contributed by atoms with Gasteiger partial charge in [-0.1, -0.05) is 0 Å². The van der Waals surface area contributed by atoms with Gasteiger partial charge in [-0.25, -0.2) is 9.50 Å². The molecule has 0 atom stereocenters. The van der Waals surface area contributed by atoms with Gasteiger partial charge in [0.15, 0.2) is 5.65 Å². The van der Waals surface area contributed by atoms with Gasteiger partial charge >= 0.3 is 6.18 Å². The molecule has 0 spiro atoms. The topological polar surface area (TPSA) is 54.0 Å². The SMILES string of the molecule is N#Cc1ccn2nc(C(F)(F)F)nc2c1. The number of fused-ring (bicyclic) bond motifs is 1. The predicted molar refractivity (Wildman–Crippen MR) is 42.7 cm³/mol. The van der Waals surface area contributed by atoms with Crippen LogP contribution in [0.15, 0.2) is 18.3 Å². The summed E-state index contributed by atoms with van der Waals surface area (Å²) in [5.74, 6) is -1.21. The van der Waals surface area contributed by atoms with Gasteiger partial charge in [-0.15, -0.1) is 5.10 Å². The van der Waals surface area contributed by atoms with Gasteiger partial charge in [0, 0.05) is 12.3 Å². The third kappa shape index (κ3) is 1.61. The number of aromatic nitrogens is 3. The maximum absolute atomic E-state index is 12.2. The van der Waals surface area contributed by atoms with Crippen molar-refractivity contribution in [2.75, 3.05) is 0 Å². The molecule has 2 aromatic heterocycles. The second-order valence-electron chi connectivity index (χ2n) is 2.76. The molecule has 0 radical (unpaired) electrons. The van der Waals surface area contributed by atoms with Crippen molar-refractivity contribution in [1.29, 1.82) is 5.26 Å². The molecular weight excluding hydrogens is 209 g/mol. The van der Waals surface area contributed by atoms with Gasteiger partial charge in [-0.05, 0) is 6.07 Å². The average Bonchev–Trinajstić information content (AvgIpc) is 2.59. The number of rotatable bonds is 0. The molecule has 0 aliphatic heterocycles. The summed E-state index contributed by atoms with van der Waals surface area (Å²) < 4.78 is 37.6. The van der Waals surface area contributed by atoms with Crippen LogP contribution >= 0.6 is 0 Å². The Bertz CT molecular complexity index is 549. The Labute approximate surface area is 81.6 Å². The van der Waals surface area contributed by atoms with Gasteiger partial charge < -0.3 is 0 Å². The molecule has 0 aromatic carbocycles. The zero-order valence-electron chi connectivity index (χ0n) is 7.15. The van der Waals surface area contributed by atoms with E-state index in [9.17, 15) is 13.2 Å². The number of halogens is 3. The molecule has 76 valence electrons. The molecule has 2 heterocycles. The summed E-state index contributed by atoms with van der Waals surface area (Å²) in [7, 11) is 0. The highest BCUT2D eigenvalue weighted by molar-refractivity contribution is 5.45. The Morgan fingerprint density at radius 3 is 2.73 bits per heavy atom.